The standard InChI is InChI=1S/C26H31N3O5/c1-4-32-21-14-17(15-22(33-5-2)24(21)34-6-3)25(30)27-18-11-12-20-19(16-18)26(31)29-13-9-7-8-10-23(29)28-20/h11-12,14-16H,4-10,13H2,1-3H3,(H,27,30). The lowest BCUT2D eigenvalue weighted by molar-refractivity contribution is 0.102. The van der Waals surface area contributed by atoms with Gasteiger partial charge in [0.25, 0.3) is 11.5 Å². The Morgan fingerprint density at radius 3 is 2.35 bits per heavy atom. The van der Waals surface area contributed by atoms with Crippen molar-refractivity contribution in [2.24, 2.45) is 0 Å². The van der Waals surface area contributed by atoms with Crippen LogP contribution in [0.5, 0.6) is 17.2 Å². The number of anilines is 1. The first kappa shape index (κ1) is 23.6. The summed E-state index contributed by atoms with van der Waals surface area (Å²) in [6.07, 6.45) is 3.92. The quantitative estimate of drug-likeness (QED) is 0.524. The van der Waals surface area contributed by atoms with Crippen LogP contribution in [0.3, 0.4) is 0 Å². The van der Waals surface area contributed by atoms with E-state index in [1.165, 1.54) is 0 Å². The number of carbonyl (C=O) groups is 1. The number of hydrogen-bond donors (Lipinski definition) is 1. The van der Waals surface area contributed by atoms with E-state index >= 15 is 0 Å². The highest BCUT2D eigenvalue weighted by atomic mass is 16.5. The van der Waals surface area contributed by atoms with E-state index in [-0.39, 0.29) is 11.5 Å². The zero-order valence-electron chi connectivity index (χ0n) is 20.0. The second-order valence-electron chi connectivity index (χ2n) is 8.08. The van der Waals surface area contributed by atoms with Crippen molar-refractivity contribution >= 4 is 22.5 Å². The van der Waals surface area contributed by atoms with E-state index in [9.17, 15) is 9.59 Å². The van der Waals surface area contributed by atoms with Crippen LogP contribution in [0.4, 0.5) is 5.69 Å². The van der Waals surface area contributed by atoms with Gasteiger partial charge in [-0.15, -0.1) is 0 Å². The van der Waals surface area contributed by atoms with E-state index in [0.717, 1.165) is 31.5 Å². The smallest absolute Gasteiger partial charge is 0.261 e. The number of rotatable bonds is 8. The van der Waals surface area contributed by atoms with Gasteiger partial charge in [-0.05, 0) is 63.9 Å². The van der Waals surface area contributed by atoms with Gasteiger partial charge in [-0.2, -0.15) is 0 Å². The van der Waals surface area contributed by atoms with E-state index in [1.807, 2.05) is 20.8 Å². The van der Waals surface area contributed by atoms with Crippen molar-refractivity contribution in [1.82, 2.24) is 9.55 Å². The molecule has 0 spiro atoms. The molecule has 4 rings (SSSR count). The molecule has 1 aliphatic heterocycles. The molecule has 0 unspecified atom stereocenters. The number of ether oxygens (including phenoxy) is 3. The minimum absolute atomic E-state index is 0.0590. The van der Waals surface area contributed by atoms with Crippen molar-refractivity contribution < 1.29 is 19.0 Å². The molecule has 1 amide bonds. The third-order valence-electron chi connectivity index (χ3n) is 5.74. The molecule has 180 valence electrons. The van der Waals surface area contributed by atoms with Gasteiger partial charge in [0.2, 0.25) is 5.75 Å². The molecular formula is C26H31N3O5. The molecule has 0 fully saturated rings. The van der Waals surface area contributed by atoms with Crippen LogP contribution in [-0.4, -0.2) is 35.3 Å². The Morgan fingerprint density at radius 1 is 0.971 bits per heavy atom. The highest BCUT2D eigenvalue weighted by Gasteiger charge is 2.19. The van der Waals surface area contributed by atoms with Crippen LogP contribution in [0.15, 0.2) is 35.1 Å². The average molecular weight is 466 g/mol. The molecule has 0 atom stereocenters. The Hall–Kier alpha value is -3.55. The van der Waals surface area contributed by atoms with Gasteiger partial charge in [-0.3, -0.25) is 14.2 Å². The number of aromatic nitrogens is 2. The fourth-order valence-corrected chi connectivity index (χ4v) is 4.22. The first-order valence-corrected chi connectivity index (χ1v) is 12.0. The normalized spacial score (nSPS) is 13.1. The van der Waals surface area contributed by atoms with Gasteiger partial charge in [0.05, 0.1) is 30.7 Å². The van der Waals surface area contributed by atoms with Gasteiger partial charge >= 0.3 is 0 Å². The molecule has 3 aromatic rings. The summed E-state index contributed by atoms with van der Waals surface area (Å²) in [6.45, 7) is 7.57. The molecule has 0 aliphatic carbocycles. The highest BCUT2D eigenvalue weighted by Crippen LogP contribution is 2.39. The molecule has 0 radical (unpaired) electrons. The Labute approximate surface area is 198 Å². The Balaban J connectivity index is 1.67. The predicted octanol–water partition coefficient (Wildman–Crippen LogP) is 4.57. The molecule has 1 aromatic heterocycles. The van der Waals surface area contributed by atoms with Crippen LogP contribution < -0.4 is 25.1 Å². The maximum atomic E-state index is 13.1. The number of carbonyl (C=O) groups excluding carboxylic acids is 1. The van der Waals surface area contributed by atoms with Crippen molar-refractivity contribution in [1.29, 1.82) is 0 Å². The maximum Gasteiger partial charge on any atom is 0.261 e. The molecule has 1 N–H and O–H groups in total. The van der Waals surface area contributed by atoms with Crippen molar-refractivity contribution in [3.63, 3.8) is 0 Å². The van der Waals surface area contributed by atoms with Crippen molar-refractivity contribution in [2.45, 2.75) is 53.0 Å². The summed E-state index contributed by atoms with van der Waals surface area (Å²) in [4.78, 5) is 31.0. The van der Waals surface area contributed by atoms with Gasteiger partial charge in [0.15, 0.2) is 11.5 Å². The maximum absolute atomic E-state index is 13.1. The van der Waals surface area contributed by atoms with Crippen LogP contribution in [0, 0.1) is 0 Å². The zero-order chi connectivity index (χ0) is 24.1. The fourth-order valence-electron chi connectivity index (χ4n) is 4.22. The number of fused-ring (bicyclic) bond motifs is 2. The lowest BCUT2D eigenvalue weighted by Crippen LogP contribution is -2.24. The van der Waals surface area contributed by atoms with Gasteiger partial charge in [-0.1, -0.05) is 6.42 Å². The van der Waals surface area contributed by atoms with Gasteiger partial charge in [-0.25, -0.2) is 4.98 Å². The van der Waals surface area contributed by atoms with Gasteiger partial charge in [0, 0.05) is 24.2 Å². The zero-order valence-corrected chi connectivity index (χ0v) is 20.0. The van der Waals surface area contributed by atoms with Crippen molar-refractivity contribution in [2.75, 3.05) is 25.1 Å². The highest BCUT2D eigenvalue weighted by molar-refractivity contribution is 6.05. The lowest BCUT2D eigenvalue weighted by Gasteiger charge is -2.17. The fraction of sp³-hybridized carbons (Fsp3) is 0.423. The third kappa shape index (κ3) is 4.85. The number of amides is 1. The summed E-state index contributed by atoms with van der Waals surface area (Å²) < 4.78 is 18.9. The van der Waals surface area contributed by atoms with E-state index in [2.05, 4.69) is 5.32 Å². The minimum atomic E-state index is -0.341. The molecule has 8 nitrogen and oxygen atoms in total. The largest absolute Gasteiger partial charge is 0.490 e. The summed E-state index contributed by atoms with van der Waals surface area (Å²) >= 11 is 0. The predicted molar refractivity (Wildman–Crippen MR) is 131 cm³/mol. The van der Waals surface area contributed by atoms with Gasteiger partial charge in [0.1, 0.15) is 5.82 Å². The number of hydrogen-bond acceptors (Lipinski definition) is 6. The molecular weight excluding hydrogens is 434 g/mol. The first-order valence-electron chi connectivity index (χ1n) is 12.0. The first-order chi connectivity index (χ1) is 16.5. The van der Waals surface area contributed by atoms with Crippen LogP contribution >= 0.6 is 0 Å². The summed E-state index contributed by atoms with van der Waals surface area (Å²) in [5.74, 6) is 1.88. The molecule has 1 aliphatic rings. The summed E-state index contributed by atoms with van der Waals surface area (Å²) in [5, 5.41) is 3.39. The number of nitrogens with one attached hydrogen (secondary N) is 1. The minimum Gasteiger partial charge on any atom is -0.490 e. The van der Waals surface area contributed by atoms with E-state index in [0.29, 0.717) is 65.8 Å². The Kier molecular flexibility index (Phi) is 7.35. The molecule has 2 aromatic carbocycles. The molecule has 0 saturated carbocycles. The number of nitrogens with zero attached hydrogens (tertiary/aromatic N) is 2. The van der Waals surface area contributed by atoms with Crippen LogP contribution in [0.1, 0.15) is 56.2 Å². The average Bonchev–Trinajstić information content (AvgIpc) is 3.07. The van der Waals surface area contributed by atoms with Crippen LogP contribution in [-0.2, 0) is 13.0 Å². The summed E-state index contributed by atoms with van der Waals surface area (Å²) in [6, 6.07) is 8.53. The Bertz CT molecular complexity index is 1220. The van der Waals surface area contributed by atoms with Gasteiger partial charge < -0.3 is 19.5 Å². The third-order valence-corrected chi connectivity index (χ3v) is 5.74. The Morgan fingerprint density at radius 2 is 1.68 bits per heavy atom. The monoisotopic (exact) mass is 465 g/mol. The van der Waals surface area contributed by atoms with E-state index in [1.54, 1.807) is 34.9 Å². The summed E-state index contributed by atoms with van der Waals surface area (Å²) in [7, 11) is 0. The van der Waals surface area contributed by atoms with Crippen molar-refractivity contribution in [3.8, 4) is 17.2 Å². The number of aryl methyl sites for hydroxylation is 1. The molecule has 8 heteroatoms. The molecule has 2 heterocycles. The number of benzene rings is 2. The van der Waals surface area contributed by atoms with Crippen molar-refractivity contribution in [3.05, 3.63) is 52.1 Å². The van der Waals surface area contributed by atoms with Crippen LogP contribution in [0.2, 0.25) is 0 Å². The second kappa shape index (κ2) is 10.6. The van der Waals surface area contributed by atoms with E-state index < -0.39 is 0 Å². The SMILES string of the molecule is CCOc1cc(C(=O)Nc2ccc3nc4n(c(=O)c3c2)CCCCC4)cc(OCC)c1OCC. The topological polar surface area (TPSA) is 91.7 Å². The molecule has 0 saturated heterocycles. The lowest BCUT2D eigenvalue weighted by atomic mass is 10.1. The second-order valence-corrected chi connectivity index (χ2v) is 8.08. The summed E-state index contributed by atoms with van der Waals surface area (Å²) in [5.41, 5.74) is 1.48. The van der Waals surface area contributed by atoms with E-state index in [4.69, 9.17) is 19.2 Å². The molecule has 0 bridgehead atoms. The molecule has 34 heavy (non-hydrogen) atoms. The van der Waals surface area contributed by atoms with Crippen LogP contribution in [0.25, 0.3) is 10.9 Å².